The van der Waals surface area contributed by atoms with Crippen molar-refractivity contribution in [2.45, 2.75) is 20.1 Å². The van der Waals surface area contributed by atoms with Crippen molar-refractivity contribution in [1.29, 1.82) is 5.26 Å². The van der Waals surface area contributed by atoms with Crippen LogP contribution in [0.2, 0.25) is 0 Å². The first-order valence-corrected chi connectivity index (χ1v) is 12.5. The lowest BCUT2D eigenvalue weighted by molar-refractivity contribution is -0.112. The van der Waals surface area contributed by atoms with E-state index in [2.05, 4.69) is 21.2 Å². The Labute approximate surface area is 225 Å². The van der Waals surface area contributed by atoms with Crippen molar-refractivity contribution in [3.8, 4) is 17.6 Å². The molecule has 0 radical (unpaired) electrons. The van der Waals surface area contributed by atoms with Crippen LogP contribution >= 0.6 is 15.9 Å². The molecule has 0 aliphatic carbocycles. The highest BCUT2D eigenvalue weighted by atomic mass is 79.9. The van der Waals surface area contributed by atoms with Gasteiger partial charge in [-0.05, 0) is 82.0 Å². The Morgan fingerprint density at radius 3 is 2.24 bits per heavy atom. The van der Waals surface area contributed by atoms with Gasteiger partial charge >= 0.3 is 0 Å². The highest BCUT2D eigenvalue weighted by Crippen LogP contribution is 2.28. The molecule has 0 heterocycles. The number of nitrogens with one attached hydrogen (secondary N) is 1. The maximum Gasteiger partial charge on any atom is 0.266 e. The van der Waals surface area contributed by atoms with Crippen molar-refractivity contribution in [2.24, 2.45) is 0 Å². The second-order valence-electron chi connectivity index (χ2n) is 8.39. The van der Waals surface area contributed by atoms with Crippen LogP contribution in [0.3, 0.4) is 0 Å². The van der Waals surface area contributed by atoms with Crippen molar-refractivity contribution >= 4 is 33.6 Å². The number of anilines is 1. The Hall–Kier alpha value is -4.34. The van der Waals surface area contributed by atoms with Gasteiger partial charge in [0.2, 0.25) is 0 Å². The van der Waals surface area contributed by atoms with Gasteiger partial charge in [0.05, 0.1) is 4.47 Å². The Bertz CT molecular complexity index is 1420. The van der Waals surface area contributed by atoms with Crippen molar-refractivity contribution in [3.63, 3.8) is 0 Å². The molecule has 0 aliphatic heterocycles. The van der Waals surface area contributed by atoms with Gasteiger partial charge in [0, 0.05) is 5.69 Å². The first kappa shape index (κ1) is 25.7. The number of nitriles is 1. The molecule has 0 bridgehead atoms. The van der Waals surface area contributed by atoms with Gasteiger partial charge in [0.1, 0.15) is 36.4 Å². The number of carbonyl (C=O) groups is 1. The largest absolute Gasteiger partial charge is 0.489 e. The topological polar surface area (TPSA) is 71.3 Å². The molecule has 0 aromatic heterocycles. The molecule has 4 aromatic carbocycles. The predicted octanol–water partition coefficient (Wildman–Crippen LogP) is 7.46. The molecular weight excluding hydrogens is 528 g/mol. The van der Waals surface area contributed by atoms with Gasteiger partial charge < -0.3 is 14.8 Å². The summed E-state index contributed by atoms with van der Waals surface area (Å²) in [6, 6.07) is 32.5. The van der Waals surface area contributed by atoms with Crippen LogP contribution in [0, 0.1) is 18.3 Å². The Morgan fingerprint density at radius 1 is 0.892 bits per heavy atom. The number of amides is 1. The normalized spacial score (nSPS) is 10.9. The Kier molecular flexibility index (Phi) is 8.75. The summed E-state index contributed by atoms with van der Waals surface area (Å²) >= 11 is 3.52. The Morgan fingerprint density at radius 2 is 1.57 bits per heavy atom. The van der Waals surface area contributed by atoms with Crippen LogP contribution in [0.25, 0.3) is 6.08 Å². The van der Waals surface area contributed by atoms with Crippen LogP contribution in [0.5, 0.6) is 11.5 Å². The number of nitrogens with zero attached hydrogens (tertiary/aromatic N) is 1. The highest BCUT2D eigenvalue weighted by Gasteiger charge is 2.11. The number of halogens is 1. The molecule has 184 valence electrons. The van der Waals surface area contributed by atoms with E-state index >= 15 is 0 Å². The third-order valence-electron chi connectivity index (χ3n) is 5.51. The smallest absolute Gasteiger partial charge is 0.266 e. The second-order valence-corrected chi connectivity index (χ2v) is 9.24. The van der Waals surface area contributed by atoms with Crippen molar-refractivity contribution < 1.29 is 14.3 Å². The summed E-state index contributed by atoms with van der Waals surface area (Å²) < 4.78 is 12.4. The number of aryl methyl sites for hydroxylation is 1. The first-order valence-electron chi connectivity index (χ1n) is 11.7. The molecule has 37 heavy (non-hydrogen) atoms. The number of carbonyl (C=O) groups excluding carboxylic acids is 1. The Balaban J connectivity index is 1.35. The average molecular weight is 553 g/mol. The maximum atomic E-state index is 12.7. The summed E-state index contributed by atoms with van der Waals surface area (Å²) in [5.41, 5.74) is 4.60. The van der Waals surface area contributed by atoms with Crippen LogP contribution in [0.1, 0.15) is 22.3 Å². The lowest BCUT2D eigenvalue weighted by Crippen LogP contribution is -2.13. The predicted molar refractivity (Wildman–Crippen MR) is 149 cm³/mol. The zero-order valence-electron chi connectivity index (χ0n) is 20.3. The molecule has 0 fully saturated rings. The summed E-state index contributed by atoms with van der Waals surface area (Å²) in [6.45, 7) is 2.94. The fourth-order valence-corrected chi connectivity index (χ4v) is 3.97. The van der Waals surface area contributed by atoms with E-state index in [1.165, 1.54) is 5.56 Å². The highest BCUT2D eigenvalue weighted by molar-refractivity contribution is 9.10. The minimum atomic E-state index is -0.490. The number of hydrogen-bond acceptors (Lipinski definition) is 4. The van der Waals surface area contributed by atoms with Crippen LogP contribution in [0.4, 0.5) is 5.69 Å². The zero-order valence-corrected chi connectivity index (χ0v) is 21.9. The number of ether oxygens (including phenoxy) is 2. The molecule has 0 saturated carbocycles. The van der Waals surface area contributed by atoms with Crippen LogP contribution < -0.4 is 14.8 Å². The van der Waals surface area contributed by atoms with E-state index < -0.39 is 5.91 Å². The molecule has 1 amide bonds. The SMILES string of the molecule is Cc1ccc(COc2ccc(/C=C(\C#N)C(=O)Nc3ccc(OCc4ccccc4)cc3)cc2Br)cc1. The molecule has 4 rings (SSSR count). The lowest BCUT2D eigenvalue weighted by atomic mass is 10.1. The van der Waals surface area contributed by atoms with Crippen molar-refractivity contribution in [3.05, 3.63) is 129 Å². The number of hydrogen-bond donors (Lipinski definition) is 1. The van der Waals surface area contributed by atoms with Gasteiger partial charge in [-0.15, -0.1) is 0 Å². The van der Waals surface area contributed by atoms with Gasteiger partial charge in [-0.25, -0.2) is 0 Å². The van der Waals surface area contributed by atoms with E-state index in [-0.39, 0.29) is 5.57 Å². The van der Waals surface area contributed by atoms with Gasteiger partial charge in [-0.2, -0.15) is 5.26 Å². The second kappa shape index (κ2) is 12.6. The van der Waals surface area contributed by atoms with Crippen LogP contribution in [-0.2, 0) is 18.0 Å². The van der Waals surface area contributed by atoms with E-state index in [1.54, 1.807) is 36.4 Å². The average Bonchev–Trinajstić information content (AvgIpc) is 2.92. The minimum absolute atomic E-state index is 0.00960. The molecular formula is C31H25BrN2O3. The van der Waals surface area contributed by atoms with Crippen molar-refractivity contribution in [1.82, 2.24) is 0 Å². The standard InChI is InChI=1S/C31H25BrN2O3/c1-22-7-9-24(10-8-22)21-37-30-16-11-25(18-29(30)32)17-26(19-33)31(35)34-27-12-14-28(15-13-27)36-20-23-5-3-2-4-6-23/h2-18H,20-21H2,1H3,(H,34,35)/b26-17+. The molecule has 0 saturated heterocycles. The van der Waals surface area contributed by atoms with Gasteiger partial charge in [-0.1, -0.05) is 66.2 Å². The quantitative estimate of drug-likeness (QED) is 0.173. The monoisotopic (exact) mass is 552 g/mol. The number of benzene rings is 4. The molecule has 0 aliphatic rings. The molecule has 0 unspecified atom stereocenters. The molecule has 5 nitrogen and oxygen atoms in total. The van der Waals surface area contributed by atoms with Crippen LogP contribution in [0.15, 0.2) is 107 Å². The van der Waals surface area contributed by atoms with E-state index in [1.807, 2.05) is 79.7 Å². The molecule has 0 atom stereocenters. The molecule has 0 spiro atoms. The number of rotatable bonds is 9. The first-order chi connectivity index (χ1) is 18.0. The van der Waals surface area contributed by atoms with Gasteiger partial charge in [-0.3, -0.25) is 4.79 Å². The van der Waals surface area contributed by atoms with Gasteiger partial charge in [0.25, 0.3) is 5.91 Å². The summed E-state index contributed by atoms with van der Waals surface area (Å²) in [7, 11) is 0. The summed E-state index contributed by atoms with van der Waals surface area (Å²) in [4.78, 5) is 12.7. The maximum absolute atomic E-state index is 12.7. The van der Waals surface area contributed by atoms with E-state index in [9.17, 15) is 10.1 Å². The minimum Gasteiger partial charge on any atom is -0.489 e. The molecule has 4 aromatic rings. The van der Waals surface area contributed by atoms with E-state index in [0.717, 1.165) is 15.6 Å². The fraction of sp³-hybridized carbons (Fsp3) is 0.0968. The van der Waals surface area contributed by atoms with Crippen LogP contribution in [-0.4, -0.2) is 5.91 Å². The summed E-state index contributed by atoms with van der Waals surface area (Å²) in [5, 5.41) is 12.3. The van der Waals surface area contributed by atoms with Crippen molar-refractivity contribution in [2.75, 3.05) is 5.32 Å². The van der Waals surface area contributed by atoms with E-state index in [4.69, 9.17) is 9.47 Å². The lowest BCUT2D eigenvalue weighted by Gasteiger charge is -2.10. The third-order valence-corrected chi connectivity index (χ3v) is 6.13. The molecule has 1 N–H and O–H groups in total. The zero-order chi connectivity index (χ0) is 26.0. The van der Waals surface area contributed by atoms with Gasteiger partial charge in [0.15, 0.2) is 0 Å². The third kappa shape index (κ3) is 7.57. The summed E-state index contributed by atoms with van der Waals surface area (Å²) in [6.07, 6.45) is 1.54. The fourth-order valence-electron chi connectivity index (χ4n) is 3.46. The molecule has 6 heteroatoms. The summed E-state index contributed by atoms with van der Waals surface area (Å²) in [5.74, 6) is 0.874. The van der Waals surface area contributed by atoms with E-state index in [0.29, 0.717) is 36.0 Å².